The van der Waals surface area contributed by atoms with Crippen LogP contribution in [0.4, 0.5) is 0 Å². The summed E-state index contributed by atoms with van der Waals surface area (Å²) in [6.45, 7) is 3.62. The van der Waals surface area contributed by atoms with Crippen LogP contribution in [0.2, 0.25) is 0 Å². The smallest absolute Gasteiger partial charge is 0.306 e. The number of esters is 2. The fourth-order valence-electron chi connectivity index (χ4n) is 6.17. The van der Waals surface area contributed by atoms with Crippen molar-refractivity contribution >= 4 is 19.8 Å². The van der Waals surface area contributed by atoms with Crippen molar-refractivity contribution in [1.82, 2.24) is 0 Å². The molecule has 3 N–H and O–H groups in total. The number of phosphoric acid groups is 1. The molecule has 0 heterocycles. The van der Waals surface area contributed by atoms with Crippen LogP contribution < -0.4 is 4.89 Å². The van der Waals surface area contributed by atoms with Crippen LogP contribution in [0.5, 0.6) is 0 Å². The van der Waals surface area contributed by atoms with Crippen molar-refractivity contribution in [2.24, 2.45) is 0 Å². The van der Waals surface area contributed by atoms with Gasteiger partial charge in [-0.05, 0) is 57.8 Å². The molecule has 5 atom stereocenters. The summed E-state index contributed by atoms with van der Waals surface area (Å²) in [5.41, 5.74) is 0. The summed E-state index contributed by atoms with van der Waals surface area (Å²) >= 11 is 0. The Balaban J connectivity index is 4.61. The van der Waals surface area contributed by atoms with Crippen LogP contribution in [0.25, 0.3) is 0 Å². The first-order valence-corrected chi connectivity index (χ1v) is 25.4. The van der Waals surface area contributed by atoms with Crippen LogP contribution in [-0.4, -0.2) is 104 Å². The van der Waals surface area contributed by atoms with Crippen molar-refractivity contribution in [3.63, 3.8) is 0 Å². The maximum absolute atomic E-state index is 12.7. The molecule has 364 valence electrons. The molecule has 12 nitrogen and oxygen atoms in total. The number of carbonyl (C=O) groups is 2. The van der Waals surface area contributed by atoms with Gasteiger partial charge in [0.05, 0.1) is 46.1 Å². The summed E-state index contributed by atoms with van der Waals surface area (Å²) in [6, 6.07) is 0. The minimum absolute atomic E-state index is 0.0914. The third kappa shape index (κ3) is 43.0. The van der Waals surface area contributed by atoms with Gasteiger partial charge in [-0.25, -0.2) is 0 Å². The van der Waals surface area contributed by atoms with E-state index < -0.39 is 50.8 Å². The quantitative estimate of drug-likeness (QED) is 0.0133. The molecule has 0 aromatic heterocycles. The lowest BCUT2D eigenvalue weighted by Crippen LogP contribution is -2.37. The van der Waals surface area contributed by atoms with Gasteiger partial charge < -0.3 is 43.2 Å². The van der Waals surface area contributed by atoms with E-state index in [4.69, 9.17) is 18.5 Å². The molecule has 0 amide bonds. The van der Waals surface area contributed by atoms with Crippen LogP contribution in [0.15, 0.2) is 72.9 Å². The highest BCUT2D eigenvalue weighted by Crippen LogP contribution is 2.38. The maximum atomic E-state index is 12.7. The highest BCUT2D eigenvalue weighted by molar-refractivity contribution is 7.45. The van der Waals surface area contributed by atoms with E-state index in [1.807, 2.05) is 40.2 Å². The van der Waals surface area contributed by atoms with E-state index in [2.05, 4.69) is 19.1 Å². The number of unbranched alkanes of at least 4 members (excludes halogenated alkanes) is 15. The van der Waals surface area contributed by atoms with Gasteiger partial charge in [0.1, 0.15) is 19.8 Å². The third-order valence-corrected chi connectivity index (χ3v) is 11.0. The Morgan fingerprint density at radius 2 is 1.17 bits per heavy atom. The van der Waals surface area contributed by atoms with E-state index in [1.54, 1.807) is 42.5 Å². The molecule has 0 aromatic rings. The van der Waals surface area contributed by atoms with Crippen LogP contribution >= 0.6 is 7.82 Å². The molecule has 0 aliphatic heterocycles. The van der Waals surface area contributed by atoms with E-state index in [-0.39, 0.29) is 38.9 Å². The zero-order chi connectivity index (χ0) is 46.9. The van der Waals surface area contributed by atoms with Crippen LogP contribution in [0.1, 0.15) is 162 Å². The Morgan fingerprint density at radius 1 is 0.635 bits per heavy atom. The molecule has 0 aliphatic carbocycles. The molecule has 1 unspecified atom stereocenters. The molecular formula is C50H88NO11P. The number of ether oxygens (including phenoxy) is 2. The van der Waals surface area contributed by atoms with E-state index >= 15 is 0 Å². The van der Waals surface area contributed by atoms with Crippen LogP contribution in [0, 0.1) is 0 Å². The Kier molecular flexibility index (Phi) is 39.1. The van der Waals surface area contributed by atoms with Gasteiger partial charge in [-0.2, -0.15) is 0 Å². The Hall–Kier alpha value is -2.67. The van der Waals surface area contributed by atoms with Crippen molar-refractivity contribution in [3.8, 4) is 0 Å². The summed E-state index contributed by atoms with van der Waals surface area (Å²) in [7, 11) is 0.937. The monoisotopic (exact) mass is 910 g/mol. The van der Waals surface area contributed by atoms with Crippen molar-refractivity contribution < 1.29 is 57.4 Å². The zero-order valence-corrected chi connectivity index (χ0v) is 40.7. The topological polar surface area (TPSA) is 172 Å². The molecule has 0 saturated carbocycles. The number of rotatable bonds is 42. The van der Waals surface area contributed by atoms with Crippen molar-refractivity contribution in [1.29, 1.82) is 0 Å². The number of aliphatic hydroxyl groups is 3. The van der Waals surface area contributed by atoms with Gasteiger partial charge in [0, 0.05) is 12.8 Å². The molecule has 0 radical (unpaired) electrons. The SMILES string of the molecule is CC/C=C\C[C@H](O)/C=C/C=C/C=C\C=C/[C@@H](O)[C@H](O)CCCC(=O)O[C@H](COC(=O)CCCCCCCCCCC/C=C\CCCCCCCC)COP(=O)([O-])OCC[N+](C)(C)C. The number of hydrogen-bond acceptors (Lipinski definition) is 11. The normalized spacial score (nSPS) is 15.6. The minimum atomic E-state index is -4.73. The highest BCUT2D eigenvalue weighted by atomic mass is 31.2. The molecule has 63 heavy (non-hydrogen) atoms. The van der Waals surface area contributed by atoms with E-state index in [9.17, 15) is 34.4 Å². The second-order valence-corrected chi connectivity index (χ2v) is 18.7. The lowest BCUT2D eigenvalue weighted by molar-refractivity contribution is -0.870. The highest BCUT2D eigenvalue weighted by Gasteiger charge is 2.22. The first-order valence-electron chi connectivity index (χ1n) is 24.0. The minimum Gasteiger partial charge on any atom is -0.756 e. The maximum Gasteiger partial charge on any atom is 0.306 e. The fraction of sp³-hybridized carbons (Fsp3) is 0.720. The summed E-state index contributed by atoms with van der Waals surface area (Å²) < 4.78 is 33.7. The number of likely N-dealkylation sites (N-methyl/N-ethyl adjacent to an activating group) is 1. The average Bonchev–Trinajstić information content (AvgIpc) is 3.23. The Labute approximate surface area is 382 Å². The summed E-state index contributed by atoms with van der Waals surface area (Å²) in [5, 5.41) is 30.6. The molecule has 13 heteroatoms. The number of aliphatic hydroxyl groups excluding tert-OH is 3. The number of phosphoric ester groups is 1. The van der Waals surface area contributed by atoms with Gasteiger partial charge in [-0.15, -0.1) is 0 Å². The van der Waals surface area contributed by atoms with Gasteiger partial charge in [-0.1, -0.05) is 164 Å². The number of hydrogen-bond donors (Lipinski definition) is 3. The zero-order valence-electron chi connectivity index (χ0n) is 39.8. The number of nitrogens with zero attached hydrogens (tertiary/aromatic N) is 1. The van der Waals surface area contributed by atoms with Gasteiger partial charge >= 0.3 is 11.9 Å². The predicted molar refractivity (Wildman–Crippen MR) is 254 cm³/mol. The second kappa shape index (κ2) is 40.8. The molecular weight excluding hydrogens is 822 g/mol. The van der Waals surface area contributed by atoms with Gasteiger partial charge in [0.2, 0.25) is 0 Å². The van der Waals surface area contributed by atoms with Gasteiger partial charge in [0.25, 0.3) is 7.82 Å². The molecule has 0 aliphatic rings. The molecule has 0 spiro atoms. The van der Waals surface area contributed by atoms with E-state index in [0.717, 1.165) is 25.7 Å². The number of quaternary nitrogens is 1. The first kappa shape index (κ1) is 60.3. The van der Waals surface area contributed by atoms with E-state index in [1.165, 1.54) is 89.5 Å². The van der Waals surface area contributed by atoms with Gasteiger partial charge in [0.15, 0.2) is 6.10 Å². The first-order chi connectivity index (χ1) is 30.2. The molecule has 0 fully saturated rings. The average molecular weight is 910 g/mol. The van der Waals surface area contributed by atoms with Crippen LogP contribution in [0.3, 0.4) is 0 Å². The van der Waals surface area contributed by atoms with E-state index in [0.29, 0.717) is 23.9 Å². The molecule has 0 bridgehead atoms. The largest absolute Gasteiger partial charge is 0.756 e. The van der Waals surface area contributed by atoms with Crippen molar-refractivity contribution in [2.75, 3.05) is 47.5 Å². The summed E-state index contributed by atoms with van der Waals surface area (Å²) in [4.78, 5) is 37.7. The second-order valence-electron chi connectivity index (χ2n) is 17.3. The number of allylic oxidation sites excluding steroid dienone is 9. The van der Waals surface area contributed by atoms with Gasteiger partial charge in [-0.3, -0.25) is 14.2 Å². The molecule has 0 aromatic carbocycles. The van der Waals surface area contributed by atoms with Crippen molar-refractivity contribution in [3.05, 3.63) is 72.9 Å². The lowest BCUT2D eigenvalue weighted by Gasteiger charge is -2.28. The predicted octanol–water partition coefficient (Wildman–Crippen LogP) is 10.1. The molecule has 0 saturated heterocycles. The lowest BCUT2D eigenvalue weighted by atomic mass is 10.1. The third-order valence-electron chi connectivity index (χ3n) is 10.1. The standard InChI is InChI=1S/C50H88NO11P/c1-6-8-10-11-12-13-14-15-16-17-18-19-20-21-22-23-24-29-33-39-49(55)59-43-46(44-61-63(57,58)60-42-41-51(3,4)5)62-50(56)40-34-38-48(54)47(53)37-32-28-26-25-27-31-36-45(52)35-30-9-7-2/h9,15-16,25-28,30-32,36-37,45-48,52-54H,6-8,10-14,17-24,29,33-35,38-44H2,1-5H3/b16-15-,27-25+,28-26-,30-9-,36-31+,37-32-/t45-,46+,47+,48+/m0/s1. The Bertz CT molecular complexity index is 1350. The Morgan fingerprint density at radius 3 is 1.76 bits per heavy atom. The van der Waals surface area contributed by atoms with Crippen molar-refractivity contribution in [2.45, 2.75) is 186 Å². The molecule has 0 rings (SSSR count). The summed E-state index contributed by atoms with van der Waals surface area (Å²) in [5.74, 6) is -1.17. The fourth-order valence-corrected chi connectivity index (χ4v) is 6.90. The number of carbonyl (C=O) groups excluding carboxylic acids is 2. The summed E-state index contributed by atoms with van der Waals surface area (Å²) in [6.07, 6.45) is 40.2. The van der Waals surface area contributed by atoms with Crippen LogP contribution in [-0.2, 0) is 32.7 Å².